The van der Waals surface area contributed by atoms with E-state index < -0.39 is 0 Å². The first-order chi connectivity index (χ1) is 15.6. The highest BCUT2D eigenvalue weighted by atomic mass is 35.5. The van der Waals surface area contributed by atoms with E-state index in [1.54, 1.807) is 0 Å². The zero-order valence-corrected chi connectivity index (χ0v) is 19.9. The molecule has 2 atom stereocenters. The maximum Gasteiger partial charge on any atom is 0.310 e. The van der Waals surface area contributed by atoms with Crippen LogP contribution < -0.4 is 10.1 Å². The van der Waals surface area contributed by atoms with Crippen LogP contribution in [0.3, 0.4) is 0 Å². The van der Waals surface area contributed by atoms with Gasteiger partial charge in [-0.2, -0.15) is 0 Å². The minimum atomic E-state index is -0.0963. The molecule has 1 fully saturated rings. The maximum atomic E-state index is 12.1. The lowest BCUT2D eigenvalue weighted by atomic mass is 9.90. The number of ether oxygens (including phenoxy) is 2. The lowest BCUT2D eigenvalue weighted by Gasteiger charge is -2.17. The van der Waals surface area contributed by atoms with Crippen molar-refractivity contribution in [3.8, 4) is 17.2 Å². The Labute approximate surface area is 201 Å². The number of hydrogen-bond donors (Lipinski definition) is 1. The number of halogens is 1. The molecule has 7 heteroatoms. The van der Waals surface area contributed by atoms with Crippen molar-refractivity contribution in [1.82, 2.24) is 10.3 Å². The number of oxazole rings is 1. The molecule has 3 aromatic rings. The summed E-state index contributed by atoms with van der Waals surface area (Å²) in [4.78, 5) is 16.8. The molecule has 1 aliphatic heterocycles. The van der Waals surface area contributed by atoms with Crippen molar-refractivity contribution in [1.29, 1.82) is 0 Å². The fraction of sp³-hybridized carbons (Fsp3) is 0.385. The van der Waals surface area contributed by atoms with E-state index >= 15 is 0 Å². The molecule has 1 saturated heterocycles. The largest absolute Gasteiger partial charge is 0.493 e. The SMILES string of the molecule is CCOC(=O)[C@H]1CNC[C@H]1Cc1ccc(OCCc2nc(-c3ccccc3)oc2C)cc1.Cl. The summed E-state index contributed by atoms with van der Waals surface area (Å²) in [7, 11) is 0. The molecular formula is C26H31ClN2O4. The van der Waals surface area contributed by atoms with Crippen LogP contribution >= 0.6 is 12.4 Å². The zero-order chi connectivity index (χ0) is 22.3. The van der Waals surface area contributed by atoms with Gasteiger partial charge in [-0.15, -0.1) is 12.4 Å². The van der Waals surface area contributed by atoms with E-state index in [4.69, 9.17) is 13.9 Å². The van der Waals surface area contributed by atoms with E-state index in [0.717, 1.165) is 35.7 Å². The number of aromatic nitrogens is 1. The van der Waals surface area contributed by atoms with Crippen molar-refractivity contribution < 1.29 is 18.7 Å². The molecule has 1 aliphatic rings. The van der Waals surface area contributed by atoms with Crippen molar-refractivity contribution in [3.05, 3.63) is 71.6 Å². The Balaban J connectivity index is 0.00000306. The average Bonchev–Trinajstić information content (AvgIpc) is 3.42. The maximum absolute atomic E-state index is 12.1. The lowest BCUT2D eigenvalue weighted by molar-refractivity contribution is -0.148. The summed E-state index contributed by atoms with van der Waals surface area (Å²) in [5, 5.41) is 3.31. The molecule has 0 spiro atoms. The third-order valence-electron chi connectivity index (χ3n) is 5.87. The van der Waals surface area contributed by atoms with Crippen molar-refractivity contribution in [2.24, 2.45) is 11.8 Å². The van der Waals surface area contributed by atoms with Gasteiger partial charge in [-0.1, -0.05) is 30.3 Å². The van der Waals surface area contributed by atoms with E-state index in [9.17, 15) is 4.79 Å². The molecule has 6 nitrogen and oxygen atoms in total. The first kappa shape index (κ1) is 24.8. The highest BCUT2D eigenvalue weighted by Gasteiger charge is 2.33. The molecule has 0 bridgehead atoms. The number of carbonyl (C=O) groups excluding carboxylic acids is 1. The second-order valence-corrected chi connectivity index (χ2v) is 8.11. The minimum absolute atomic E-state index is 0. The fourth-order valence-electron chi connectivity index (χ4n) is 4.13. The van der Waals surface area contributed by atoms with Crippen LogP contribution in [0.2, 0.25) is 0 Å². The van der Waals surface area contributed by atoms with Crippen molar-refractivity contribution in [3.63, 3.8) is 0 Å². The summed E-state index contributed by atoms with van der Waals surface area (Å²) >= 11 is 0. The third kappa shape index (κ3) is 6.36. The van der Waals surface area contributed by atoms with Crippen LogP contribution in [0.25, 0.3) is 11.5 Å². The highest BCUT2D eigenvalue weighted by Crippen LogP contribution is 2.25. The number of carbonyl (C=O) groups is 1. The van der Waals surface area contributed by atoms with Gasteiger partial charge in [-0.3, -0.25) is 4.79 Å². The molecule has 1 aromatic heterocycles. The van der Waals surface area contributed by atoms with Crippen LogP contribution in [-0.2, 0) is 22.4 Å². The van der Waals surface area contributed by atoms with E-state index in [-0.39, 0.29) is 30.2 Å². The Kier molecular flexibility index (Phi) is 8.92. The van der Waals surface area contributed by atoms with Crippen molar-refractivity contribution >= 4 is 18.4 Å². The molecule has 2 heterocycles. The standard InChI is InChI=1S/C26H30N2O4.ClH/c1-3-30-26(29)23-17-27-16-21(23)15-19-9-11-22(12-10-19)31-14-13-24-18(2)32-25(28-24)20-7-5-4-6-8-20;/h4-12,21,23,27H,3,13-17H2,1-2H3;1H/t21-,23+;/m1./s1. The molecule has 2 aromatic carbocycles. The topological polar surface area (TPSA) is 73.6 Å². The van der Waals surface area contributed by atoms with Gasteiger partial charge in [0.25, 0.3) is 0 Å². The Morgan fingerprint density at radius 3 is 2.61 bits per heavy atom. The molecule has 0 unspecified atom stereocenters. The average molecular weight is 471 g/mol. The number of nitrogens with zero attached hydrogens (tertiary/aromatic N) is 1. The summed E-state index contributed by atoms with van der Waals surface area (Å²) in [5.74, 6) is 2.38. The van der Waals surface area contributed by atoms with Gasteiger partial charge < -0.3 is 19.2 Å². The number of rotatable bonds is 9. The van der Waals surface area contributed by atoms with Gasteiger partial charge in [0.15, 0.2) is 0 Å². The van der Waals surface area contributed by atoms with Crippen LogP contribution in [0.15, 0.2) is 59.0 Å². The van der Waals surface area contributed by atoms with Crippen molar-refractivity contribution in [2.45, 2.75) is 26.7 Å². The first-order valence-electron chi connectivity index (χ1n) is 11.2. The van der Waals surface area contributed by atoms with Crippen LogP contribution in [-0.4, -0.2) is 37.3 Å². The molecule has 0 aliphatic carbocycles. The Bertz CT molecular complexity index is 1020. The minimum Gasteiger partial charge on any atom is -0.493 e. The van der Waals surface area contributed by atoms with Crippen LogP contribution in [0.1, 0.15) is 23.9 Å². The normalized spacial score (nSPS) is 17.4. The van der Waals surface area contributed by atoms with Gasteiger partial charge in [-0.05, 0) is 62.6 Å². The summed E-state index contributed by atoms with van der Waals surface area (Å²) in [5.41, 5.74) is 3.08. The molecule has 4 rings (SSSR count). The van der Waals surface area contributed by atoms with Crippen LogP contribution in [0, 0.1) is 18.8 Å². The van der Waals surface area contributed by atoms with E-state index in [1.807, 2.05) is 56.3 Å². The van der Waals surface area contributed by atoms with Crippen molar-refractivity contribution in [2.75, 3.05) is 26.3 Å². The Morgan fingerprint density at radius 1 is 1.12 bits per heavy atom. The zero-order valence-electron chi connectivity index (χ0n) is 19.1. The summed E-state index contributed by atoms with van der Waals surface area (Å²) < 4.78 is 17.0. The smallest absolute Gasteiger partial charge is 0.310 e. The van der Waals surface area contributed by atoms with E-state index in [1.165, 1.54) is 5.56 Å². The van der Waals surface area contributed by atoms with Crippen LogP contribution in [0.5, 0.6) is 5.75 Å². The predicted molar refractivity (Wildman–Crippen MR) is 130 cm³/mol. The molecule has 0 amide bonds. The summed E-state index contributed by atoms with van der Waals surface area (Å²) in [6.45, 7) is 6.26. The number of esters is 1. The predicted octanol–water partition coefficient (Wildman–Crippen LogP) is 4.63. The van der Waals surface area contributed by atoms with Crippen LogP contribution in [0.4, 0.5) is 0 Å². The van der Waals surface area contributed by atoms with Gasteiger partial charge in [0.05, 0.1) is 24.8 Å². The molecule has 33 heavy (non-hydrogen) atoms. The quantitative estimate of drug-likeness (QED) is 0.459. The first-order valence-corrected chi connectivity index (χ1v) is 11.2. The monoisotopic (exact) mass is 470 g/mol. The molecular weight excluding hydrogens is 440 g/mol. The Hall–Kier alpha value is -2.83. The number of hydrogen-bond acceptors (Lipinski definition) is 6. The van der Waals surface area contributed by atoms with E-state index in [0.29, 0.717) is 32.1 Å². The van der Waals surface area contributed by atoms with Gasteiger partial charge in [-0.25, -0.2) is 4.98 Å². The highest BCUT2D eigenvalue weighted by molar-refractivity contribution is 5.85. The molecule has 1 N–H and O–H groups in total. The van der Waals surface area contributed by atoms with E-state index in [2.05, 4.69) is 22.4 Å². The van der Waals surface area contributed by atoms with Gasteiger partial charge in [0.1, 0.15) is 11.5 Å². The molecule has 0 radical (unpaired) electrons. The number of aryl methyl sites for hydroxylation is 1. The lowest BCUT2D eigenvalue weighted by Crippen LogP contribution is -2.26. The number of benzene rings is 2. The second kappa shape index (κ2) is 11.9. The third-order valence-corrected chi connectivity index (χ3v) is 5.87. The second-order valence-electron chi connectivity index (χ2n) is 8.11. The fourth-order valence-corrected chi connectivity index (χ4v) is 4.13. The van der Waals surface area contributed by atoms with Gasteiger partial charge in [0.2, 0.25) is 5.89 Å². The van der Waals surface area contributed by atoms with Gasteiger partial charge >= 0.3 is 5.97 Å². The summed E-state index contributed by atoms with van der Waals surface area (Å²) in [6, 6.07) is 18.0. The van der Waals surface area contributed by atoms with Gasteiger partial charge in [0, 0.05) is 18.5 Å². The summed E-state index contributed by atoms with van der Waals surface area (Å²) in [6.07, 6.45) is 1.52. The number of nitrogens with one attached hydrogen (secondary N) is 1. The molecule has 0 saturated carbocycles. The Morgan fingerprint density at radius 2 is 1.88 bits per heavy atom. The molecule has 176 valence electrons.